The second kappa shape index (κ2) is 6.16. The maximum atomic E-state index is 4.73. The number of anilines is 2. The predicted molar refractivity (Wildman–Crippen MR) is 97.6 cm³/mol. The molecule has 0 aromatic carbocycles. The van der Waals surface area contributed by atoms with Crippen LogP contribution in [0.4, 0.5) is 11.8 Å². The third-order valence-corrected chi connectivity index (χ3v) is 5.38. The van der Waals surface area contributed by atoms with Crippen molar-refractivity contribution in [2.24, 2.45) is 0 Å². The van der Waals surface area contributed by atoms with Gasteiger partial charge < -0.3 is 10.6 Å². The Morgan fingerprint density at radius 1 is 1.08 bits per heavy atom. The van der Waals surface area contributed by atoms with Crippen molar-refractivity contribution in [2.45, 2.75) is 51.6 Å². The zero-order valence-electron chi connectivity index (χ0n) is 14.8. The molecule has 2 N–H and O–H groups in total. The summed E-state index contributed by atoms with van der Waals surface area (Å²) in [6, 6.07) is 3.15. The Morgan fingerprint density at radius 2 is 1.88 bits per heavy atom. The Labute approximate surface area is 143 Å². The van der Waals surface area contributed by atoms with Crippen molar-refractivity contribution in [1.29, 1.82) is 0 Å². The fraction of sp³-hybridized carbons (Fsp3) is 0.611. The molecule has 2 aliphatic heterocycles. The number of nitrogens with one attached hydrogen (secondary N) is 2. The topological polar surface area (TPSA) is 66.0 Å². The monoisotopic (exact) mass is 326 g/mol. The first-order chi connectivity index (χ1) is 11.7. The van der Waals surface area contributed by atoms with Crippen LogP contribution in [0.3, 0.4) is 0 Å². The maximum Gasteiger partial charge on any atom is 0.227 e. The Kier molecular flexibility index (Phi) is 4.00. The fourth-order valence-corrected chi connectivity index (χ4v) is 4.35. The summed E-state index contributed by atoms with van der Waals surface area (Å²) in [6.07, 6.45) is 5.03. The second-order valence-corrected chi connectivity index (χ2v) is 7.06. The van der Waals surface area contributed by atoms with Crippen molar-refractivity contribution >= 4 is 22.8 Å². The van der Waals surface area contributed by atoms with Gasteiger partial charge in [0.2, 0.25) is 5.95 Å². The highest BCUT2D eigenvalue weighted by molar-refractivity contribution is 5.90. The van der Waals surface area contributed by atoms with E-state index in [4.69, 9.17) is 9.97 Å². The number of piperidine rings is 1. The lowest BCUT2D eigenvalue weighted by atomic mass is 9.96. The van der Waals surface area contributed by atoms with Crippen LogP contribution in [0.15, 0.2) is 6.07 Å². The van der Waals surface area contributed by atoms with E-state index in [0.717, 1.165) is 28.1 Å². The molecule has 2 atom stereocenters. The normalized spacial score (nSPS) is 24.1. The largest absolute Gasteiger partial charge is 0.372 e. The molecule has 2 aromatic rings. The quantitative estimate of drug-likeness (QED) is 0.904. The molecule has 0 amide bonds. The summed E-state index contributed by atoms with van der Waals surface area (Å²) >= 11 is 0. The van der Waals surface area contributed by atoms with Crippen molar-refractivity contribution in [1.82, 2.24) is 19.9 Å². The van der Waals surface area contributed by atoms with Gasteiger partial charge in [0.15, 0.2) is 5.65 Å². The van der Waals surface area contributed by atoms with Gasteiger partial charge in [0.1, 0.15) is 5.82 Å². The minimum atomic E-state index is 0.439. The highest BCUT2D eigenvalue weighted by atomic mass is 15.2. The van der Waals surface area contributed by atoms with E-state index in [-0.39, 0.29) is 0 Å². The molecule has 2 saturated heterocycles. The summed E-state index contributed by atoms with van der Waals surface area (Å²) < 4.78 is 0. The summed E-state index contributed by atoms with van der Waals surface area (Å²) in [5, 5.41) is 7.84. The van der Waals surface area contributed by atoms with Crippen LogP contribution < -0.4 is 10.6 Å². The lowest BCUT2D eigenvalue weighted by Gasteiger charge is -2.37. The number of aromatic nitrogens is 3. The standard InChI is InChI=1S/C18H26N6/c1-11-10-12(2)20-17-15(11)16(19-3)22-18(23-17)21-13-6-4-8-24-9-5-7-14(13)24/h10,13-14H,4-9H2,1-3H3,(H2,19,20,21,22,23)/t13-,14-/m1/s1. The van der Waals surface area contributed by atoms with Crippen molar-refractivity contribution < 1.29 is 0 Å². The third kappa shape index (κ3) is 2.69. The molecule has 2 fully saturated rings. The van der Waals surface area contributed by atoms with Crippen LogP contribution in [-0.4, -0.2) is 52.1 Å². The molecule has 128 valence electrons. The SMILES string of the molecule is CNc1nc(N[C@@H]2CCCN3CCC[C@H]23)nc2nc(C)cc(C)c12. The number of nitrogens with zero attached hydrogens (tertiary/aromatic N) is 4. The molecule has 0 saturated carbocycles. The van der Waals surface area contributed by atoms with Crippen LogP contribution >= 0.6 is 0 Å². The maximum absolute atomic E-state index is 4.73. The van der Waals surface area contributed by atoms with Gasteiger partial charge in [-0.25, -0.2) is 4.98 Å². The van der Waals surface area contributed by atoms with Crippen molar-refractivity contribution in [3.8, 4) is 0 Å². The summed E-state index contributed by atoms with van der Waals surface area (Å²) in [4.78, 5) is 16.7. The summed E-state index contributed by atoms with van der Waals surface area (Å²) in [6.45, 7) is 6.58. The molecule has 0 radical (unpaired) electrons. The average Bonchev–Trinajstić information content (AvgIpc) is 3.03. The summed E-state index contributed by atoms with van der Waals surface area (Å²) in [5.74, 6) is 1.55. The number of hydrogen-bond donors (Lipinski definition) is 2. The van der Waals surface area contributed by atoms with E-state index in [9.17, 15) is 0 Å². The molecule has 24 heavy (non-hydrogen) atoms. The van der Waals surface area contributed by atoms with E-state index in [1.54, 1.807) is 0 Å². The van der Waals surface area contributed by atoms with Gasteiger partial charge in [0.25, 0.3) is 0 Å². The van der Waals surface area contributed by atoms with Gasteiger partial charge in [-0.1, -0.05) is 0 Å². The van der Waals surface area contributed by atoms with Gasteiger partial charge >= 0.3 is 0 Å². The van der Waals surface area contributed by atoms with Gasteiger partial charge in [0.05, 0.1) is 5.39 Å². The van der Waals surface area contributed by atoms with Gasteiger partial charge in [-0.05, 0) is 64.3 Å². The van der Waals surface area contributed by atoms with Gasteiger partial charge in [-0.15, -0.1) is 0 Å². The van der Waals surface area contributed by atoms with E-state index < -0.39 is 0 Å². The number of fused-ring (bicyclic) bond motifs is 2. The van der Waals surface area contributed by atoms with Gasteiger partial charge in [-0.3, -0.25) is 4.90 Å². The summed E-state index contributed by atoms with van der Waals surface area (Å²) in [5.41, 5.74) is 2.92. The van der Waals surface area contributed by atoms with Crippen LogP contribution in [0.2, 0.25) is 0 Å². The third-order valence-electron chi connectivity index (χ3n) is 5.38. The van der Waals surface area contributed by atoms with Gasteiger partial charge in [-0.2, -0.15) is 9.97 Å². The summed E-state index contributed by atoms with van der Waals surface area (Å²) in [7, 11) is 1.91. The van der Waals surface area contributed by atoms with E-state index in [2.05, 4.69) is 33.5 Å². The Morgan fingerprint density at radius 3 is 2.67 bits per heavy atom. The average molecular weight is 326 g/mol. The molecular weight excluding hydrogens is 300 g/mol. The van der Waals surface area contributed by atoms with Crippen molar-refractivity contribution in [3.63, 3.8) is 0 Å². The molecule has 4 rings (SSSR count). The molecule has 2 aliphatic rings. The lowest BCUT2D eigenvalue weighted by Crippen LogP contribution is -2.47. The highest BCUT2D eigenvalue weighted by Crippen LogP contribution is 2.30. The van der Waals surface area contributed by atoms with Crippen LogP contribution in [0.1, 0.15) is 36.9 Å². The molecule has 0 unspecified atom stereocenters. The first kappa shape index (κ1) is 15.6. The van der Waals surface area contributed by atoms with Crippen molar-refractivity contribution in [2.75, 3.05) is 30.8 Å². The van der Waals surface area contributed by atoms with Gasteiger partial charge in [0, 0.05) is 24.8 Å². The molecule has 2 aromatic heterocycles. The van der Waals surface area contributed by atoms with Crippen LogP contribution in [-0.2, 0) is 0 Å². The minimum absolute atomic E-state index is 0.439. The Bertz CT molecular complexity index is 759. The molecule has 0 bridgehead atoms. The molecule has 0 aliphatic carbocycles. The van der Waals surface area contributed by atoms with E-state index in [1.807, 2.05) is 14.0 Å². The lowest BCUT2D eigenvalue weighted by molar-refractivity contribution is 0.182. The zero-order chi connectivity index (χ0) is 16.7. The number of aryl methyl sites for hydroxylation is 2. The molecule has 0 spiro atoms. The van der Waals surface area contributed by atoms with Crippen LogP contribution in [0.5, 0.6) is 0 Å². The second-order valence-electron chi connectivity index (χ2n) is 7.06. The number of pyridine rings is 1. The fourth-order valence-electron chi connectivity index (χ4n) is 4.35. The zero-order valence-corrected chi connectivity index (χ0v) is 14.8. The Hall–Kier alpha value is -1.95. The minimum Gasteiger partial charge on any atom is -0.372 e. The van der Waals surface area contributed by atoms with E-state index >= 15 is 0 Å². The number of hydrogen-bond acceptors (Lipinski definition) is 6. The van der Waals surface area contributed by atoms with Crippen molar-refractivity contribution in [3.05, 3.63) is 17.3 Å². The van der Waals surface area contributed by atoms with Crippen LogP contribution in [0, 0.1) is 13.8 Å². The molecule has 6 nitrogen and oxygen atoms in total. The molecular formula is C18H26N6. The van der Waals surface area contributed by atoms with E-state index in [1.165, 1.54) is 38.8 Å². The van der Waals surface area contributed by atoms with Crippen LogP contribution in [0.25, 0.3) is 11.0 Å². The van der Waals surface area contributed by atoms with E-state index in [0.29, 0.717) is 18.0 Å². The predicted octanol–water partition coefficient (Wildman–Crippen LogP) is 2.72. The molecule has 6 heteroatoms. The first-order valence-corrected chi connectivity index (χ1v) is 9.00. The molecule has 4 heterocycles. The Balaban J connectivity index is 1.69. The highest BCUT2D eigenvalue weighted by Gasteiger charge is 2.35. The first-order valence-electron chi connectivity index (χ1n) is 9.00. The number of rotatable bonds is 3. The smallest absolute Gasteiger partial charge is 0.227 e.